The van der Waals surface area contributed by atoms with Gasteiger partial charge in [0.05, 0.1) is 0 Å². The van der Waals surface area contributed by atoms with Gasteiger partial charge in [0.1, 0.15) is 0 Å². The average Bonchev–Trinajstić information content (AvgIpc) is 2.22. The second-order valence-corrected chi connectivity index (χ2v) is 4.59. The van der Waals surface area contributed by atoms with E-state index in [1.807, 2.05) is 0 Å². The molecule has 2 heteroatoms. The Morgan fingerprint density at radius 1 is 0.933 bits per heavy atom. The molecule has 0 atom stereocenters. The molecule has 0 nitrogen and oxygen atoms in total. The molecule has 0 spiro atoms. The van der Waals surface area contributed by atoms with Crippen molar-refractivity contribution in [1.82, 2.24) is 0 Å². The van der Waals surface area contributed by atoms with Crippen LogP contribution in [-0.4, -0.2) is 5.92 Å². The van der Waals surface area contributed by atoms with Crippen LogP contribution in [0.2, 0.25) is 0 Å². The minimum atomic E-state index is -2.34. The molecule has 0 radical (unpaired) electrons. The zero-order valence-corrected chi connectivity index (χ0v) is 10.5. The van der Waals surface area contributed by atoms with Gasteiger partial charge in [-0.25, -0.2) is 8.78 Å². The van der Waals surface area contributed by atoms with Crippen molar-refractivity contribution >= 4 is 0 Å². The quantitative estimate of drug-likeness (QED) is 0.596. The highest BCUT2D eigenvalue weighted by Gasteiger charge is 2.34. The van der Waals surface area contributed by atoms with Crippen molar-refractivity contribution in [2.45, 2.75) is 78.1 Å². The summed E-state index contributed by atoms with van der Waals surface area (Å²) in [7, 11) is 0. The van der Waals surface area contributed by atoms with Crippen LogP contribution in [0, 0.1) is 5.92 Å². The van der Waals surface area contributed by atoms with Crippen LogP contribution in [0.5, 0.6) is 0 Å². The predicted octanol–water partition coefficient (Wildman–Crippen LogP) is 5.42. The number of alkyl halides is 2. The Balaban J connectivity index is 0.000000423. The van der Waals surface area contributed by atoms with Gasteiger partial charge in [-0.2, -0.15) is 0 Å². The van der Waals surface area contributed by atoms with Crippen molar-refractivity contribution in [2.24, 2.45) is 5.92 Å². The van der Waals surface area contributed by atoms with Gasteiger partial charge in [0.15, 0.2) is 0 Å². The van der Waals surface area contributed by atoms with E-state index in [4.69, 9.17) is 0 Å². The van der Waals surface area contributed by atoms with Crippen molar-refractivity contribution in [1.29, 1.82) is 0 Å². The minimum absolute atomic E-state index is 0.123. The van der Waals surface area contributed by atoms with Crippen LogP contribution in [0.25, 0.3) is 0 Å². The van der Waals surface area contributed by atoms with Crippen LogP contribution in [0.3, 0.4) is 0 Å². The molecular weight excluding hydrogens is 194 g/mol. The van der Waals surface area contributed by atoms with Crippen LogP contribution >= 0.6 is 0 Å². The molecule has 1 saturated carbocycles. The highest BCUT2D eigenvalue weighted by Crippen LogP contribution is 2.37. The topological polar surface area (TPSA) is 0 Å². The summed E-state index contributed by atoms with van der Waals surface area (Å²) in [5.41, 5.74) is 0. The maximum atomic E-state index is 12.6. The lowest BCUT2D eigenvalue weighted by Gasteiger charge is -2.27. The molecular formula is C13H26F2. The standard InChI is InChI=1S/C9H16F2.C4H10/c1-2-3-8-4-6-9(10,11)7-5-8;1-3-4-2/h8H,2-7H2,1H3;3-4H2,1-2H3. The lowest BCUT2D eigenvalue weighted by atomic mass is 9.84. The maximum Gasteiger partial charge on any atom is 0.248 e. The molecule has 0 amide bonds. The molecule has 0 aromatic rings. The van der Waals surface area contributed by atoms with Crippen LogP contribution in [0.15, 0.2) is 0 Å². The Morgan fingerprint density at radius 2 is 1.40 bits per heavy atom. The number of rotatable bonds is 3. The van der Waals surface area contributed by atoms with E-state index >= 15 is 0 Å². The van der Waals surface area contributed by atoms with Gasteiger partial charge in [-0.15, -0.1) is 0 Å². The molecule has 0 aromatic carbocycles. The first-order valence-corrected chi connectivity index (χ1v) is 6.43. The van der Waals surface area contributed by atoms with E-state index in [1.165, 1.54) is 12.8 Å². The van der Waals surface area contributed by atoms with Gasteiger partial charge in [-0.1, -0.05) is 46.5 Å². The van der Waals surface area contributed by atoms with Gasteiger partial charge in [0.2, 0.25) is 5.92 Å². The highest BCUT2D eigenvalue weighted by atomic mass is 19.3. The summed E-state index contributed by atoms with van der Waals surface area (Å²) in [6.45, 7) is 6.48. The molecule has 0 aromatic heterocycles. The fourth-order valence-electron chi connectivity index (χ4n) is 1.80. The molecule has 92 valence electrons. The molecule has 0 unspecified atom stereocenters. The summed E-state index contributed by atoms with van der Waals surface area (Å²) < 4.78 is 25.2. The number of hydrogen-bond donors (Lipinski definition) is 0. The van der Waals surface area contributed by atoms with E-state index in [0.29, 0.717) is 5.92 Å². The Morgan fingerprint density at radius 3 is 1.73 bits per heavy atom. The molecule has 0 bridgehead atoms. The average molecular weight is 220 g/mol. The summed E-state index contributed by atoms with van der Waals surface area (Å²) in [6.07, 6.45) is 6.63. The first-order chi connectivity index (χ1) is 7.05. The lowest BCUT2D eigenvalue weighted by molar-refractivity contribution is -0.0465. The zero-order chi connectivity index (χ0) is 11.7. The summed E-state index contributed by atoms with van der Waals surface area (Å²) in [6, 6.07) is 0. The molecule has 0 aliphatic heterocycles. The fourth-order valence-corrected chi connectivity index (χ4v) is 1.80. The van der Waals surface area contributed by atoms with E-state index in [2.05, 4.69) is 20.8 Å². The Bertz CT molecular complexity index is 131. The molecule has 0 heterocycles. The van der Waals surface area contributed by atoms with Crippen molar-refractivity contribution in [2.75, 3.05) is 0 Å². The summed E-state index contributed by atoms with van der Waals surface area (Å²) in [5, 5.41) is 0. The van der Waals surface area contributed by atoms with Crippen molar-refractivity contribution in [3.05, 3.63) is 0 Å². The minimum Gasteiger partial charge on any atom is -0.207 e. The Labute approximate surface area is 93.4 Å². The molecule has 0 N–H and O–H groups in total. The van der Waals surface area contributed by atoms with E-state index < -0.39 is 5.92 Å². The summed E-state index contributed by atoms with van der Waals surface area (Å²) in [4.78, 5) is 0. The first kappa shape index (κ1) is 14.9. The largest absolute Gasteiger partial charge is 0.248 e. The predicted molar refractivity (Wildman–Crippen MR) is 62.4 cm³/mol. The lowest BCUT2D eigenvalue weighted by Crippen LogP contribution is -2.24. The third-order valence-electron chi connectivity index (χ3n) is 3.03. The van der Waals surface area contributed by atoms with Gasteiger partial charge in [-0.3, -0.25) is 0 Å². The van der Waals surface area contributed by atoms with Crippen molar-refractivity contribution in [3.8, 4) is 0 Å². The number of unbranched alkanes of at least 4 members (excludes halogenated alkanes) is 1. The Kier molecular flexibility index (Phi) is 7.99. The zero-order valence-electron chi connectivity index (χ0n) is 10.5. The van der Waals surface area contributed by atoms with Crippen LogP contribution in [0.1, 0.15) is 72.1 Å². The molecule has 1 aliphatic carbocycles. The summed E-state index contributed by atoms with van der Waals surface area (Å²) >= 11 is 0. The molecule has 0 saturated heterocycles. The fraction of sp³-hybridized carbons (Fsp3) is 1.00. The molecule has 15 heavy (non-hydrogen) atoms. The van der Waals surface area contributed by atoms with Crippen molar-refractivity contribution < 1.29 is 8.78 Å². The summed E-state index contributed by atoms with van der Waals surface area (Å²) in [5.74, 6) is -1.76. The van der Waals surface area contributed by atoms with Gasteiger partial charge in [0.25, 0.3) is 0 Å². The number of hydrogen-bond acceptors (Lipinski definition) is 0. The van der Waals surface area contributed by atoms with E-state index in [9.17, 15) is 8.78 Å². The second-order valence-electron chi connectivity index (χ2n) is 4.59. The Hall–Kier alpha value is -0.140. The molecule has 1 fully saturated rings. The van der Waals surface area contributed by atoms with Crippen LogP contribution < -0.4 is 0 Å². The maximum absolute atomic E-state index is 12.6. The van der Waals surface area contributed by atoms with E-state index in [-0.39, 0.29) is 12.8 Å². The smallest absolute Gasteiger partial charge is 0.207 e. The van der Waals surface area contributed by atoms with E-state index in [0.717, 1.165) is 25.7 Å². The molecule has 1 aliphatic rings. The second kappa shape index (κ2) is 8.06. The SMILES string of the molecule is CCCC.CCCC1CCC(F)(F)CC1. The molecule has 1 rings (SSSR count). The normalized spacial score (nSPS) is 20.6. The van der Waals surface area contributed by atoms with E-state index in [1.54, 1.807) is 0 Å². The monoisotopic (exact) mass is 220 g/mol. The number of halogens is 2. The van der Waals surface area contributed by atoms with Crippen LogP contribution in [0.4, 0.5) is 8.78 Å². The van der Waals surface area contributed by atoms with Crippen LogP contribution in [-0.2, 0) is 0 Å². The first-order valence-electron chi connectivity index (χ1n) is 6.43. The van der Waals surface area contributed by atoms with Crippen molar-refractivity contribution in [3.63, 3.8) is 0 Å². The third kappa shape index (κ3) is 7.75. The third-order valence-corrected chi connectivity index (χ3v) is 3.03. The van der Waals surface area contributed by atoms with Gasteiger partial charge >= 0.3 is 0 Å². The highest BCUT2D eigenvalue weighted by molar-refractivity contribution is 4.76. The van der Waals surface area contributed by atoms with Gasteiger partial charge in [-0.05, 0) is 18.8 Å². The van der Waals surface area contributed by atoms with Gasteiger partial charge in [0, 0.05) is 12.8 Å². The van der Waals surface area contributed by atoms with Gasteiger partial charge < -0.3 is 0 Å².